The smallest absolute Gasteiger partial charge is 0.0708 e. The number of aromatic nitrogens is 4. The molecule has 0 bridgehead atoms. The summed E-state index contributed by atoms with van der Waals surface area (Å²) in [5, 5.41) is 3.57. The van der Waals surface area contributed by atoms with Gasteiger partial charge in [0.05, 0.1) is 28.1 Å². The van der Waals surface area contributed by atoms with E-state index in [1.165, 1.54) is 31.3 Å². The lowest BCUT2D eigenvalue weighted by atomic mass is 9.94. The molecule has 1 aliphatic rings. The van der Waals surface area contributed by atoms with Crippen LogP contribution in [0.4, 0.5) is 0 Å². The molecule has 1 aliphatic carbocycles. The first-order valence-electron chi connectivity index (χ1n) is 19.0. The Labute approximate surface area is 333 Å². The molecule has 5 heteroatoms. The summed E-state index contributed by atoms with van der Waals surface area (Å²) in [4.78, 5) is 15.0. The van der Waals surface area contributed by atoms with E-state index in [0.717, 1.165) is 72.6 Å². The van der Waals surface area contributed by atoms with Crippen LogP contribution in [0.2, 0.25) is 0 Å². The van der Waals surface area contributed by atoms with E-state index < -0.39 is 0 Å². The molecule has 0 saturated carbocycles. The Morgan fingerprint density at radius 3 is 1.67 bits per heavy atom. The van der Waals surface area contributed by atoms with Crippen molar-refractivity contribution in [2.24, 2.45) is 0 Å². The van der Waals surface area contributed by atoms with Crippen molar-refractivity contribution in [2.75, 3.05) is 0 Å². The Balaban J connectivity index is 1.15. The average molecular weight is 745 g/mol. The molecule has 0 N–H and O–H groups in total. The van der Waals surface area contributed by atoms with Crippen molar-refractivity contribution in [3.8, 4) is 55.9 Å². The number of nitrogens with zero attached hydrogens (tertiary/aromatic N) is 4. The Bertz CT molecular complexity index is 3120. The van der Waals surface area contributed by atoms with E-state index >= 15 is 0 Å². The van der Waals surface area contributed by atoms with E-state index in [0.29, 0.717) is 0 Å². The first-order chi connectivity index (χ1) is 28.3. The molecule has 0 spiro atoms. The van der Waals surface area contributed by atoms with Gasteiger partial charge in [-0.15, -0.1) is 17.1 Å². The number of rotatable bonds is 6. The Morgan fingerprint density at radius 2 is 1.07 bits per heavy atom. The van der Waals surface area contributed by atoms with E-state index in [2.05, 4.69) is 155 Å². The molecule has 0 radical (unpaired) electrons. The molecule has 0 amide bonds. The highest BCUT2D eigenvalue weighted by molar-refractivity contribution is 7.20. The highest BCUT2D eigenvalue weighted by Gasteiger charge is 2.20. The fourth-order valence-corrected chi connectivity index (χ4v) is 9.28. The number of pyridine rings is 3. The van der Waals surface area contributed by atoms with Crippen LogP contribution in [0.3, 0.4) is 0 Å². The quantitative estimate of drug-likeness (QED) is 0.159. The third kappa shape index (κ3) is 5.73. The number of hydrogen-bond donors (Lipinski definition) is 0. The average Bonchev–Trinajstić information content (AvgIpc) is 3.71. The summed E-state index contributed by atoms with van der Waals surface area (Å²) in [5.74, 6) is 0. The molecular weight excluding hydrogens is 713 g/mol. The summed E-state index contributed by atoms with van der Waals surface area (Å²) < 4.78 is 3.65. The molecule has 5 heterocycles. The first-order valence-corrected chi connectivity index (χ1v) is 19.8. The van der Waals surface area contributed by atoms with Gasteiger partial charge in [-0.05, 0) is 107 Å². The Morgan fingerprint density at radius 1 is 0.474 bits per heavy atom. The molecule has 5 aromatic heterocycles. The van der Waals surface area contributed by atoms with Crippen molar-refractivity contribution in [3.05, 3.63) is 199 Å². The Kier molecular flexibility index (Phi) is 7.92. The van der Waals surface area contributed by atoms with Gasteiger partial charge >= 0.3 is 0 Å². The van der Waals surface area contributed by atoms with Gasteiger partial charge in [0, 0.05) is 78.9 Å². The standard InChI is InChI=1S/C52H32N4S/c1-3-15-41(47-17-5-7-27-54-47)39(13-1)35-20-23-49-43(30-35)44-31-36(40-14-2-4-16-42(40)48-18-6-8-28-55-48)21-24-50(44)56(49)38-12-9-19-51-46(32-38)45-29-34(22-25-52(45)57-51)37-11-10-26-53-33-37/h1-8,10-33H. The number of fused-ring (bicyclic) bond motifs is 6. The molecule has 0 fully saturated rings. The zero-order chi connectivity index (χ0) is 37.7. The second-order valence-corrected chi connectivity index (χ2v) is 15.3. The van der Waals surface area contributed by atoms with Crippen LogP contribution in [0.15, 0.2) is 188 Å². The lowest BCUT2D eigenvalue weighted by Gasteiger charge is -2.12. The van der Waals surface area contributed by atoms with Crippen LogP contribution in [0, 0.1) is 0 Å². The van der Waals surface area contributed by atoms with Crippen LogP contribution in [0.25, 0.3) is 106 Å². The minimum absolute atomic E-state index is 0.954. The monoisotopic (exact) mass is 744 g/mol. The van der Waals surface area contributed by atoms with Crippen molar-refractivity contribution in [2.45, 2.75) is 0 Å². The molecule has 10 aromatic rings. The first kappa shape index (κ1) is 33.0. The summed E-state index contributed by atoms with van der Waals surface area (Å²) in [6, 6.07) is 53.9. The second kappa shape index (κ2) is 13.7. The zero-order valence-electron chi connectivity index (χ0n) is 30.7. The van der Waals surface area contributed by atoms with Gasteiger partial charge < -0.3 is 4.57 Å². The van der Waals surface area contributed by atoms with E-state index in [1.54, 1.807) is 11.3 Å². The maximum absolute atomic E-state index is 4.73. The van der Waals surface area contributed by atoms with Gasteiger partial charge in [0.1, 0.15) is 0 Å². The molecule has 0 atom stereocenters. The van der Waals surface area contributed by atoms with Gasteiger partial charge in [0.15, 0.2) is 0 Å². The molecule has 0 unspecified atom stereocenters. The predicted octanol–water partition coefficient (Wildman–Crippen LogP) is 13.7. The maximum Gasteiger partial charge on any atom is 0.0708 e. The normalized spacial score (nSPS) is 12.2. The summed E-state index contributed by atoms with van der Waals surface area (Å²) in [7, 11) is 0. The highest BCUT2D eigenvalue weighted by Crippen LogP contribution is 2.43. The summed E-state index contributed by atoms with van der Waals surface area (Å²) in [5.41, 5.74) is 19.0. The van der Waals surface area contributed by atoms with Crippen molar-refractivity contribution < 1.29 is 0 Å². The van der Waals surface area contributed by atoms with Crippen molar-refractivity contribution in [3.63, 3.8) is 0 Å². The second-order valence-electron chi connectivity index (χ2n) is 14.2. The number of allylic oxidation sites excluding steroid dienone is 2. The predicted molar refractivity (Wildman–Crippen MR) is 239 cm³/mol. The van der Waals surface area contributed by atoms with Gasteiger partial charge in [-0.2, -0.15) is 0 Å². The third-order valence-electron chi connectivity index (χ3n) is 10.9. The van der Waals surface area contributed by atoms with Crippen molar-refractivity contribution >= 4 is 61.1 Å². The van der Waals surface area contributed by atoms with Crippen molar-refractivity contribution in [1.82, 2.24) is 19.5 Å². The summed E-state index contributed by atoms with van der Waals surface area (Å²) in [6.07, 6.45) is 14.1. The molecule has 57 heavy (non-hydrogen) atoms. The molecule has 4 nitrogen and oxygen atoms in total. The van der Waals surface area contributed by atoms with Gasteiger partial charge in [0.25, 0.3) is 0 Å². The van der Waals surface area contributed by atoms with Crippen LogP contribution in [0.5, 0.6) is 0 Å². The van der Waals surface area contributed by atoms with Crippen LogP contribution < -0.4 is 0 Å². The largest absolute Gasteiger partial charge is 0.309 e. The molecule has 0 aliphatic heterocycles. The van der Waals surface area contributed by atoms with E-state index in [4.69, 9.17) is 9.97 Å². The molecular formula is C52H32N4S. The summed E-state index contributed by atoms with van der Waals surface area (Å²) >= 11 is 1.80. The molecule has 11 rings (SSSR count). The SMILES string of the molecule is C1=CC(n2c3ccc(-c4ccccc4-c4ccccn4)cc3c3cc(-c4ccccc4-c4ccccn4)ccc32)=Cc2c(sc3ccc(-c4cccnc4)cc23)C=1. The van der Waals surface area contributed by atoms with Crippen LogP contribution in [-0.4, -0.2) is 19.5 Å². The lowest BCUT2D eigenvalue weighted by molar-refractivity contribution is 1.25. The zero-order valence-corrected chi connectivity index (χ0v) is 31.5. The minimum Gasteiger partial charge on any atom is -0.309 e. The lowest BCUT2D eigenvalue weighted by Crippen LogP contribution is -1.95. The van der Waals surface area contributed by atoms with Gasteiger partial charge in [0.2, 0.25) is 0 Å². The number of thiophene rings is 1. The maximum atomic E-state index is 4.73. The topological polar surface area (TPSA) is 43.6 Å². The van der Waals surface area contributed by atoms with Crippen LogP contribution in [-0.2, 0) is 0 Å². The van der Waals surface area contributed by atoms with Gasteiger partial charge in [-0.3, -0.25) is 15.0 Å². The number of hydrogen-bond acceptors (Lipinski definition) is 4. The fraction of sp³-hybridized carbons (Fsp3) is 0. The van der Waals surface area contributed by atoms with E-state index in [-0.39, 0.29) is 0 Å². The summed E-state index contributed by atoms with van der Waals surface area (Å²) in [6.45, 7) is 0. The fourth-order valence-electron chi connectivity index (χ4n) is 8.22. The van der Waals surface area contributed by atoms with Crippen LogP contribution in [0.1, 0.15) is 10.4 Å². The molecule has 0 saturated heterocycles. The van der Waals surface area contributed by atoms with Gasteiger partial charge in [-0.1, -0.05) is 84.9 Å². The van der Waals surface area contributed by atoms with Gasteiger partial charge in [-0.25, -0.2) is 0 Å². The highest BCUT2D eigenvalue weighted by atomic mass is 32.1. The van der Waals surface area contributed by atoms with E-state index in [9.17, 15) is 0 Å². The number of benzene rings is 5. The molecule has 5 aromatic carbocycles. The Hall–Kier alpha value is -7.43. The van der Waals surface area contributed by atoms with Crippen molar-refractivity contribution in [1.29, 1.82) is 0 Å². The van der Waals surface area contributed by atoms with Crippen LogP contribution >= 0.6 is 11.3 Å². The minimum atomic E-state index is 0.954. The van der Waals surface area contributed by atoms with E-state index in [1.807, 2.05) is 55.1 Å². The molecule has 266 valence electrons. The third-order valence-corrected chi connectivity index (χ3v) is 12.0.